The van der Waals surface area contributed by atoms with E-state index in [0.29, 0.717) is 6.42 Å². The van der Waals surface area contributed by atoms with Gasteiger partial charge in [0.1, 0.15) is 11.6 Å². The third-order valence-corrected chi connectivity index (χ3v) is 3.37. The molecule has 0 aromatic heterocycles. The van der Waals surface area contributed by atoms with Crippen molar-refractivity contribution >= 4 is 15.9 Å². The van der Waals surface area contributed by atoms with E-state index in [1.807, 2.05) is 6.92 Å². The quantitative estimate of drug-likeness (QED) is 0.849. The van der Waals surface area contributed by atoms with Gasteiger partial charge in [-0.05, 0) is 40.9 Å². The van der Waals surface area contributed by atoms with Gasteiger partial charge in [-0.1, -0.05) is 6.92 Å². The fourth-order valence-electron chi connectivity index (χ4n) is 1.77. The molecule has 17 heavy (non-hydrogen) atoms. The summed E-state index contributed by atoms with van der Waals surface area (Å²) in [5.74, 6) is -1.17. The first-order valence-corrected chi connectivity index (χ1v) is 6.21. The summed E-state index contributed by atoms with van der Waals surface area (Å²) in [6.45, 7) is 1.92. The van der Waals surface area contributed by atoms with Crippen molar-refractivity contribution in [2.24, 2.45) is 5.73 Å². The molecule has 1 aromatic rings. The summed E-state index contributed by atoms with van der Waals surface area (Å²) in [6, 6.07) is 2.14. The Bertz CT molecular complexity index is 383. The Morgan fingerprint density at radius 2 is 2.06 bits per heavy atom. The van der Waals surface area contributed by atoms with Crippen molar-refractivity contribution in [3.8, 4) is 0 Å². The molecule has 1 rings (SSSR count). The van der Waals surface area contributed by atoms with Crippen molar-refractivity contribution in [1.29, 1.82) is 0 Å². The van der Waals surface area contributed by atoms with Gasteiger partial charge in [-0.25, -0.2) is 8.78 Å². The van der Waals surface area contributed by atoms with E-state index in [-0.39, 0.29) is 22.6 Å². The lowest BCUT2D eigenvalue weighted by Gasteiger charge is -2.21. The highest BCUT2D eigenvalue weighted by Gasteiger charge is 2.20. The molecule has 5 heteroatoms. The Balaban J connectivity index is 2.91. The molecule has 0 radical (unpaired) electrons. The zero-order valence-corrected chi connectivity index (χ0v) is 11.4. The third-order valence-electron chi connectivity index (χ3n) is 2.76. The van der Waals surface area contributed by atoms with Crippen LogP contribution in [0.3, 0.4) is 0 Å². The fourth-order valence-corrected chi connectivity index (χ4v) is 2.14. The third kappa shape index (κ3) is 3.47. The zero-order chi connectivity index (χ0) is 13.0. The molecule has 0 fully saturated rings. The van der Waals surface area contributed by atoms with Crippen molar-refractivity contribution in [2.45, 2.75) is 31.9 Å². The van der Waals surface area contributed by atoms with E-state index in [9.17, 15) is 8.78 Å². The van der Waals surface area contributed by atoms with Crippen molar-refractivity contribution in [3.05, 3.63) is 33.8 Å². The molecule has 0 amide bonds. The smallest absolute Gasteiger partial charge is 0.143 e. The van der Waals surface area contributed by atoms with Crippen molar-refractivity contribution < 1.29 is 13.5 Å². The largest absolute Gasteiger partial charge is 0.380 e. The fraction of sp³-hybridized carbons (Fsp3) is 0.500. The molecule has 2 atom stereocenters. The predicted molar refractivity (Wildman–Crippen MR) is 66.8 cm³/mol. The number of halogens is 3. The first-order chi connectivity index (χ1) is 8.01. The van der Waals surface area contributed by atoms with Gasteiger partial charge in [0.2, 0.25) is 0 Å². The van der Waals surface area contributed by atoms with Crippen LogP contribution in [-0.4, -0.2) is 19.3 Å². The highest BCUT2D eigenvalue weighted by molar-refractivity contribution is 9.10. The van der Waals surface area contributed by atoms with E-state index in [0.717, 1.165) is 0 Å². The van der Waals surface area contributed by atoms with Crippen LogP contribution in [-0.2, 0) is 11.2 Å². The Morgan fingerprint density at radius 1 is 1.41 bits per heavy atom. The summed E-state index contributed by atoms with van der Waals surface area (Å²) in [6.07, 6.45) is 0.617. The maximum atomic E-state index is 13.7. The molecule has 0 aliphatic heterocycles. The zero-order valence-electron chi connectivity index (χ0n) is 9.84. The van der Waals surface area contributed by atoms with E-state index in [4.69, 9.17) is 10.5 Å². The molecule has 0 saturated heterocycles. The van der Waals surface area contributed by atoms with Crippen LogP contribution >= 0.6 is 15.9 Å². The summed E-state index contributed by atoms with van der Waals surface area (Å²) < 4.78 is 32.6. The summed E-state index contributed by atoms with van der Waals surface area (Å²) in [5, 5.41) is 0. The molecule has 1 aromatic carbocycles. The maximum Gasteiger partial charge on any atom is 0.143 e. The van der Waals surface area contributed by atoms with Gasteiger partial charge < -0.3 is 10.5 Å². The average molecular weight is 308 g/mol. The molecule has 0 heterocycles. The molecular weight excluding hydrogens is 292 g/mol. The molecule has 0 aliphatic carbocycles. The summed E-state index contributed by atoms with van der Waals surface area (Å²) >= 11 is 3.03. The van der Waals surface area contributed by atoms with Gasteiger partial charge in [-0.15, -0.1) is 0 Å². The Kier molecular flexibility index (Phi) is 5.49. The Hall–Kier alpha value is -0.520. The minimum atomic E-state index is -0.591. The number of nitrogens with two attached hydrogens (primary N) is 1. The molecule has 0 saturated carbocycles. The molecule has 96 valence electrons. The lowest BCUT2D eigenvalue weighted by molar-refractivity contribution is 0.0768. The first-order valence-electron chi connectivity index (χ1n) is 5.42. The van der Waals surface area contributed by atoms with Gasteiger partial charge in [0.05, 0.1) is 10.6 Å². The number of rotatable bonds is 5. The Labute approximate surface area is 108 Å². The number of ether oxygens (including phenoxy) is 1. The van der Waals surface area contributed by atoms with Crippen LogP contribution in [0.2, 0.25) is 0 Å². The van der Waals surface area contributed by atoms with Gasteiger partial charge in [-0.2, -0.15) is 0 Å². The van der Waals surface area contributed by atoms with E-state index in [1.54, 1.807) is 7.11 Å². The van der Waals surface area contributed by atoms with Crippen molar-refractivity contribution in [1.82, 2.24) is 0 Å². The minimum absolute atomic E-state index is 0.00220. The van der Waals surface area contributed by atoms with Crippen LogP contribution in [0, 0.1) is 11.6 Å². The van der Waals surface area contributed by atoms with E-state index >= 15 is 0 Å². The van der Waals surface area contributed by atoms with E-state index < -0.39 is 17.7 Å². The molecular formula is C12H16BrF2NO. The summed E-state index contributed by atoms with van der Waals surface area (Å²) in [7, 11) is 1.54. The molecule has 2 unspecified atom stereocenters. The summed E-state index contributed by atoms with van der Waals surface area (Å²) in [5.41, 5.74) is 5.89. The van der Waals surface area contributed by atoms with Crippen LogP contribution in [0.1, 0.15) is 18.9 Å². The van der Waals surface area contributed by atoms with Crippen LogP contribution in [0.4, 0.5) is 8.78 Å². The lowest BCUT2D eigenvalue weighted by Crippen LogP contribution is -2.38. The van der Waals surface area contributed by atoms with Gasteiger partial charge in [0.25, 0.3) is 0 Å². The normalized spacial score (nSPS) is 14.7. The number of hydrogen-bond donors (Lipinski definition) is 1. The van der Waals surface area contributed by atoms with E-state index in [1.165, 1.54) is 12.1 Å². The molecule has 0 bridgehead atoms. The maximum absolute atomic E-state index is 13.7. The van der Waals surface area contributed by atoms with Crippen LogP contribution in [0.15, 0.2) is 16.6 Å². The molecule has 2 N–H and O–H groups in total. The van der Waals surface area contributed by atoms with Crippen LogP contribution in [0.25, 0.3) is 0 Å². The minimum Gasteiger partial charge on any atom is -0.380 e. The second kappa shape index (κ2) is 6.42. The second-order valence-corrected chi connectivity index (χ2v) is 4.73. The summed E-state index contributed by atoms with van der Waals surface area (Å²) in [4.78, 5) is 0. The van der Waals surface area contributed by atoms with Crippen molar-refractivity contribution in [3.63, 3.8) is 0 Å². The molecule has 0 spiro atoms. The topological polar surface area (TPSA) is 35.2 Å². The Morgan fingerprint density at radius 3 is 2.59 bits per heavy atom. The number of hydrogen-bond acceptors (Lipinski definition) is 2. The lowest BCUT2D eigenvalue weighted by atomic mass is 9.99. The van der Waals surface area contributed by atoms with Gasteiger partial charge in [0, 0.05) is 18.7 Å². The second-order valence-electron chi connectivity index (χ2n) is 3.87. The van der Waals surface area contributed by atoms with Gasteiger partial charge >= 0.3 is 0 Å². The SMILES string of the molecule is CCC(OC)C(N)Cc1c(F)ccc(Br)c1F. The number of methoxy groups -OCH3 is 1. The predicted octanol–water partition coefficient (Wildman–Crippen LogP) is 3.02. The molecule has 2 nitrogen and oxygen atoms in total. The van der Waals surface area contributed by atoms with Gasteiger partial charge in [0.15, 0.2) is 0 Å². The standard InChI is InChI=1S/C12H16BrF2NO/c1-3-11(17-2)10(16)6-7-9(14)5-4-8(13)12(7)15/h4-5,10-11H,3,6,16H2,1-2H3. The first kappa shape index (κ1) is 14.5. The average Bonchev–Trinajstić information content (AvgIpc) is 2.31. The van der Waals surface area contributed by atoms with E-state index in [2.05, 4.69) is 15.9 Å². The molecule has 0 aliphatic rings. The van der Waals surface area contributed by atoms with Crippen molar-refractivity contribution in [2.75, 3.05) is 7.11 Å². The highest BCUT2D eigenvalue weighted by Crippen LogP contribution is 2.23. The monoisotopic (exact) mass is 307 g/mol. The van der Waals surface area contributed by atoms with Crippen LogP contribution in [0.5, 0.6) is 0 Å². The van der Waals surface area contributed by atoms with Crippen LogP contribution < -0.4 is 5.73 Å². The van der Waals surface area contributed by atoms with Gasteiger partial charge in [-0.3, -0.25) is 0 Å². The number of benzene rings is 1. The highest BCUT2D eigenvalue weighted by atomic mass is 79.9.